The molecule has 0 unspecified atom stereocenters. The molecule has 1 heterocycles. The van der Waals surface area contributed by atoms with E-state index in [1.54, 1.807) is 6.20 Å². The SMILES string of the molecule is CCC(CC)N(C)c1nc(Cl)ncc1N. The van der Waals surface area contributed by atoms with Crippen LogP contribution in [-0.4, -0.2) is 23.1 Å². The van der Waals surface area contributed by atoms with Crippen molar-refractivity contribution in [3.05, 3.63) is 11.5 Å². The van der Waals surface area contributed by atoms with Crippen molar-refractivity contribution >= 4 is 23.1 Å². The van der Waals surface area contributed by atoms with Crippen molar-refractivity contribution < 1.29 is 0 Å². The molecule has 1 aromatic heterocycles. The van der Waals surface area contributed by atoms with Crippen molar-refractivity contribution in [1.29, 1.82) is 0 Å². The van der Waals surface area contributed by atoms with E-state index in [-0.39, 0.29) is 5.28 Å². The average molecular weight is 229 g/mol. The van der Waals surface area contributed by atoms with Crippen molar-refractivity contribution in [3.63, 3.8) is 0 Å². The lowest BCUT2D eigenvalue weighted by atomic mass is 10.1. The Morgan fingerprint density at radius 3 is 2.60 bits per heavy atom. The number of rotatable bonds is 4. The van der Waals surface area contributed by atoms with Crippen LogP contribution in [0.2, 0.25) is 5.28 Å². The van der Waals surface area contributed by atoms with Crippen LogP contribution in [-0.2, 0) is 0 Å². The first-order valence-corrected chi connectivity index (χ1v) is 5.48. The first-order valence-electron chi connectivity index (χ1n) is 5.11. The second-order valence-electron chi connectivity index (χ2n) is 3.50. The number of nitrogens with zero attached hydrogens (tertiary/aromatic N) is 3. The van der Waals surface area contributed by atoms with Crippen molar-refractivity contribution in [1.82, 2.24) is 9.97 Å². The van der Waals surface area contributed by atoms with Gasteiger partial charge in [-0.2, -0.15) is 4.98 Å². The Labute approximate surface area is 95.5 Å². The molecule has 1 rings (SSSR count). The van der Waals surface area contributed by atoms with Crippen LogP contribution in [0.5, 0.6) is 0 Å². The molecule has 0 aliphatic rings. The van der Waals surface area contributed by atoms with Gasteiger partial charge in [-0.3, -0.25) is 0 Å². The maximum absolute atomic E-state index is 5.81. The van der Waals surface area contributed by atoms with Gasteiger partial charge >= 0.3 is 0 Å². The molecule has 4 nitrogen and oxygen atoms in total. The molecule has 0 atom stereocenters. The van der Waals surface area contributed by atoms with Crippen molar-refractivity contribution in [2.24, 2.45) is 0 Å². The number of nitrogens with two attached hydrogens (primary N) is 1. The van der Waals surface area contributed by atoms with E-state index in [1.165, 1.54) is 0 Å². The van der Waals surface area contributed by atoms with Gasteiger partial charge in [0.1, 0.15) is 0 Å². The highest BCUT2D eigenvalue weighted by Crippen LogP contribution is 2.23. The molecule has 0 amide bonds. The number of halogens is 1. The summed E-state index contributed by atoms with van der Waals surface area (Å²) in [6.45, 7) is 4.29. The normalized spacial score (nSPS) is 10.7. The summed E-state index contributed by atoms with van der Waals surface area (Å²) in [6.07, 6.45) is 3.64. The predicted molar refractivity (Wildman–Crippen MR) is 64.2 cm³/mol. The van der Waals surface area contributed by atoms with Gasteiger partial charge in [0.15, 0.2) is 5.82 Å². The van der Waals surface area contributed by atoms with Gasteiger partial charge in [-0.15, -0.1) is 0 Å². The molecule has 0 saturated carbocycles. The summed E-state index contributed by atoms with van der Waals surface area (Å²) in [7, 11) is 1.98. The molecular weight excluding hydrogens is 212 g/mol. The molecule has 15 heavy (non-hydrogen) atoms. The Hall–Kier alpha value is -1.03. The summed E-state index contributed by atoms with van der Waals surface area (Å²) in [5.41, 5.74) is 6.38. The molecular formula is C10H17ClN4. The van der Waals surface area contributed by atoms with Crippen molar-refractivity contribution in [2.45, 2.75) is 32.7 Å². The third-order valence-corrected chi connectivity index (χ3v) is 2.77. The Bertz CT molecular complexity index is 325. The van der Waals surface area contributed by atoms with Crippen LogP contribution in [0.25, 0.3) is 0 Å². The summed E-state index contributed by atoms with van der Waals surface area (Å²) in [4.78, 5) is 10.0. The largest absolute Gasteiger partial charge is 0.394 e. The fraction of sp³-hybridized carbons (Fsp3) is 0.600. The molecule has 0 aliphatic carbocycles. The lowest BCUT2D eigenvalue weighted by molar-refractivity contribution is 0.587. The lowest BCUT2D eigenvalue weighted by Crippen LogP contribution is -2.31. The first kappa shape index (κ1) is 12.0. The van der Waals surface area contributed by atoms with Gasteiger partial charge in [-0.25, -0.2) is 4.98 Å². The van der Waals surface area contributed by atoms with E-state index in [1.807, 2.05) is 7.05 Å². The highest BCUT2D eigenvalue weighted by atomic mass is 35.5. The van der Waals surface area contributed by atoms with Crippen LogP contribution in [0.4, 0.5) is 11.5 Å². The fourth-order valence-corrected chi connectivity index (χ4v) is 1.78. The summed E-state index contributed by atoms with van der Waals surface area (Å²) < 4.78 is 0. The van der Waals surface area contributed by atoms with E-state index in [0.717, 1.165) is 12.8 Å². The van der Waals surface area contributed by atoms with E-state index < -0.39 is 0 Å². The van der Waals surface area contributed by atoms with Crippen molar-refractivity contribution in [3.8, 4) is 0 Å². The molecule has 0 spiro atoms. The van der Waals surface area contributed by atoms with Crippen LogP contribution in [0, 0.1) is 0 Å². The van der Waals surface area contributed by atoms with Crippen molar-refractivity contribution in [2.75, 3.05) is 17.7 Å². The molecule has 0 bridgehead atoms. The molecule has 0 saturated heterocycles. The third kappa shape index (κ3) is 2.72. The van der Waals surface area contributed by atoms with Crippen LogP contribution >= 0.6 is 11.6 Å². The van der Waals surface area contributed by atoms with Gasteiger partial charge in [-0.05, 0) is 24.4 Å². The second-order valence-corrected chi connectivity index (χ2v) is 3.84. The fourth-order valence-electron chi connectivity index (χ4n) is 1.65. The Kier molecular flexibility index (Phi) is 4.15. The Balaban J connectivity index is 2.98. The van der Waals surface area contributed by atoms with Gasteiger partial charge in [-0.1, -0.05) is 13.8 Å². The van der Waals surface area contributed by atoms with Gasteiger partial charge in [0.2, 0.25) is 5.28 Å². The summed E-state index contributed by atoms with van der Waals surface area (Å²) >= 11 is 5.75. The third-order valence-electron chi connectivity index (χ3n) is 2.59. The zero-order chi connectivity index (χ0) is 11.4. The number of anilines is 2. The highest BCUT2D eigenvalue weighted by molar-refractivity contribution is 6.28. The quantitative estimate of drug-likeness (QED) is 0.804. The molecule has 0 aromatic carbocycles. The molecule has 0 aliphatic heterocycles. The zero-order valence-corrected chi connectivity index (χ0v) is 10.1. The minimum Gasteiger partial charge on any atom is -0.394 e. The maximum atomic E-state index is 5.81. The number of hydrogen-bond acceptors (Lipinski definition) is 4. The standard InChI is InChI=1S/C10H17ClN4/c1-4-7(5-2)15(3)9-8(12)6-13-10(11)14-9/h6-7H,4-5,12H2,1-3H3. The predicted octanol–water partition coefficient (Wildman–Crippen LogP) is 2.34. The molecule has 84 valence electrons. The van der Waals surface area contributed by atoms with Gasteiger partial charge in [0, 0.05) is 13.1 Å². The van der Waals surface area contributed by atoms with Crippen LogP contribution in [0.3, 0.4) is 0 Å². The molecule has 0 radical (unpaired) electrons. The molecule has 1 aromatic rings. The highest BCUT2D eigenvalue weighted by Gasteiger charge is 2.15. The molecule has 0 fully saturated rings. The van der Waals surface area contributed by atoms with Gasteiger partial charge in [0.05, 0.1) is 11.9 Å². The summed E-state index contributed by atoms with van der Waals surface area (Å²) in [6, 6.07) is 0.429. The van der Waals surface area contributed by atoms with E-state index in [4.69, 9.17) is 17.3 Å². The monoisotopic (exact) mass is 228 g/mol. The van der Waals surface area contributed by atoms with Gasteiger partial charge < -0.3 is 10.6 Å². The minimum atomic E-state index is 0.233. The minimum absolute atomic E-state index is 0.233. The van der Waals surface area contributed by atoms with E-state index in [2.05, 4.69) is 28.7 Å². The smallest absolute Gasteiger partial charge is 0.224 e. The van der Waals surface area contributed by atoms with E-state index in [0.29, 0.717) is 17.5 Å². The van der Waals surface area contributed by atoms with Crippen LogP contribution in [0.15, 0.2) is 6.20 Å². The molecule has 2 N–H and O–H groups in total. The number of hydrogen-bond donors (Lipinski definition) is 1. The van der Waals surface area contributed by atoms with Crippen LogP contribution in [0.1, 0.15) is 26.7 Å². The number of aromatic nitrogens is 2. The summed E-state index contributed by atoms with van der Waals surface area (Å²) in [5, 5.41) is 0.233. The van der Waals surface area contributed by atoms with E-state index in [9.17, 15) is 0 Å². The topological polar surface area (TPSA) is 55.0 Å². The summed E-state index contributed by atoms with van der Waals surface area (Å²) in [5.74, 6) is 0.712. The average Bonchev–Trinajstić information content (AvgIpc) is 2.23. The lowest BCUT2D eigenvalue weighted by Gasteiger charge is -2.28. The maximum Gasteiger partial charge on any atom is 0.224 e. The zero-order valence-electron chi connectivity index (χ0n) is 9.37. The number of nitrogen functional groups attached to an aromatic ring is 1. The van der Waals surface area contributed by atoms with E-state index >= 15 is 0 Å². The Morgan fingerprint density at radius 1 is 1.47 bits per heavy atom. The van der Waals surface area contributed by atoms with Crippen LogP contribution < -0.4 is 10.6 Å². The Morgan fingerprint density at radius 2 is 2.07 bits per heavy atom. The second kappa shape index (κ2) is 5.16. The molecule has 5 heteroatoms. The van der Waals surface area contributed by atoms with Gasteiger partial charge in [0.25, 0.3) is 0 Å². The first-order chi connectivity index (χ1) is 7.10.